The molecule has 1 aliphatic rings. The molecule has 1 saturated heterocycles. The Hall–Kier alpha value is -3.06. The van der Waals surface area contributed by atoms with Gasteiger partial charge in [-0.15, -0.1) is 0 Å². The van der Waals surface area contributed by atoms with Gasteiger partial charge in [0.05, 0.1) is 19.8 Å². The highest BCUT2D eigenvalue weighted by Crippen LogP contribution is 2.24. The van der Waals surface area contributed by atoms with E-state index in [1.165, 1.54) is 0 Å². The molecular formula is C23H30N4O3. The highest BCUT2D eigenvalue weighted by molar-refractivity contribution is 5.95. The summed E-state index contributed by atoms with van der Waals surface area (Å²) in [5.41, 5.74) is 4.38. The van der Waals surface area contributed by atoms with E-state index in [4.69, 9.17) is 4.74 Å². The third kappa shape index (κ3) is 5.97. The first-order valence-corrected chi connectivity index (χ1v) is 10.4. The highest BCUT2D eigenvalue weighted by Gasteiger charge is 2.12. The largest absolute Gasteiger partial charge is 0.378 e. The van der Waals surface area contributed by atoms with Crippen LogP contribution in [0.15, 0.2) is 42.5 Å². The lowest BCUT2D eigenvalue weighted by atomic mass is 10.1. The number of ether oxygens (including phenoxy) is 1. The predicted octanol–water partition coefficient (Wildman–Crippen LogP) is 3.62. The molecule has 0 unspecified atom stereocenters. The van der Waals surface area contributed by atoms with E-state index < -0.39 is 0 Å². The van der Waals surface area contributed by atoms with Gasteiger partial charge in [-0.3, -0.25) is 9.59 Å². The Morgan fingerprint density at radius 3 is 2.37 bits per heavy atom. The summed E-state index contributed by atoms with van der Waals surface area (Å²) in [5.74, 6) is -0.134. The maximum Gasteiger partial charge on any atom is 0.243 e. The molecule has 2 aromatic carbocycles. The van der Waals surface area contributed by atoms with Crippen molar-refractivity contribution in [2.45, 2.75) is 26.7 Å². The maximum atomic E-state index is 12.4. The SMILES string of the molecule is CCCC(=O)Nc1cccc(NCC(=O)Nc2ccc(N3CCOCC3)cc2)c1C. The minimum atomic E-state index is -0.131. The standard InChI is InChI=1S/C23H30N4O3/c1-3-5-22(28)26-21-7-4-6-20(17(21)2)24-16-23(29)25-18-8-10-19(11-9-18)27-12-14-30-15-13-27/h4,6-11,24H,3,5,12-16H2,1-2H3,(H,25,29)(H,26,28). The summed E-state index contributed by atoms with van der Waals surface area (Å²) in [6.45, 7) is 7.28. The van der Waals surface area contributed by atoms with E-state index in [-0.39, 0.29) is 18.4 Å². The van der Waals surface area contributed by atoms with E-state index in [2.05, 4.69) is 20.9 Å². The van der Waals surface area contributed by atoms with E-state index in [1.54, 1.807) is 0 Å². The van der Waals surface area contributed by atoms with Gasteiger partial charge in [0, 0.05) is 42.3 Å². The van der Waals surface area contributed by atoms with Crippen LogP contribution in [0.1, 0.15) is 25.3 Å². The van der Waals surface area contributed by atoms with Crippen LogP contribution in [0.2, 0.25) is 0 Å². The number of benzene rings is 2. The Labute approximate surface area is 177 Å². The zero-order valence-electron chi connectivity index (χ0n) is 17.7. The number of hydrogen-bond donors (Lipinski definition) is 3. The zero-order valence-corrected chi connectivity index (χ0v) is 17.7. The number of carbonyl (C=O) groups excluding carboxylic acids is 2. The molecule has 3 rings (SSSR count). The Balaban J connectivity index is 1.52. The number of carbonyl (C=O) groups is 2. The molecule has 2 aromatic rings. The van der Waals surface area contributed by atoms with E-state index >= 15 is 0 Å². The van der Waals surface area contributed by atoms with Crippen molar-refractivity contribution in [1.82, 2.24) is 0 Å². The van der Waals surface area contributed by atoms with Gasteiger partial charge in [0.25, 0.3) is 0 Å². The van der Waals surface area contributed by atoms with Gasteiger partial charge in [0.1, 0.15) is 0 Å². The molecule has 0 spiro atoms. The molecule has 0 atom stereocenters. The van der Waals surface area contributed by atoms with Crippen LogP contribution in [0.25, 0.3) is 0 Å². The third-order valence-electron chi connectivity index (χ3n) is 5.05. The van der Waals surface area contributed by atoms with E-state index in [9.17, 15) is 9.59 Å². The molecule has 0 aromatic heterocycles. The molecule has 2 amide bonds. The molecule has 0 saturated carbocycles. The van der Waals surface area contributed by atoms with Crippen LogP contribution in [0.5, 0.6) is 0 Å². The zero-order chi connectivity index (χ0) is 21.3. The second kappa shape index (κ2) is 10.6. The van der Waals surface area contributed by atoms with Crippen molar-refractivity contribution in [2.75, 3.05) is 53.7 Å². The molecule has 1 fully saturated rings. The summed E-state index contributed by atoms with van der Waals surface area (Å²) in [4.78, 5) is 26.5. The van der Waals surface area contributed by atoms with Gasteiger partial charge in [-0.1, -0.05) is 13.0 Å². The van der Waals surface area contributed by atoms with Crippen LogP contribution < -0.4 is 20.9 Å². The smallest absolute Gasteiger partial charge is 0.243 e. The number of rotatable bonds is 8. The number of morpholine rings is 1. The van der Waals surface area contributed by atoms with Crippen molar-refractivity contribution in [2.24, 2.45) is 0 Å². The first kappa shape index (κ1) is 21.6. The van der Waals surface area contributed by atoms with Gasteiger partial charge in [-0.05, 0) is 55.3 Å². The Kier molecular flexibility index (Phi) is 7.68. The third-order valence-corrected chi connectivity index (χ3v) is 5.05. The Morgan fingerprint density at radius 1 is 0.967 bits per heavy atom. The molecule has 1 heterocycles. The molecule has 0 radical (unpaired) electrons. The summed E-state index contributed by atoms with van der Waals surface area (Å²) in [6.07, 6.45) is 1.29. The van der Waals surface area contributed by atoms with Gasteiger partial charge in [-0.2, -0.15) is 0 Å². The quantitative estimate of drug-likeness (QED) is 0.619. The fraction of sp³-hybridized carbons (Fsp3) is 0.391. The fourth-order valence-corrected chi connectivity index (χ4v) is 3.36. The first-order chi connectivity index (χ1) is 14.6. The average molecular weight is 411 g/mol. The lowest BCUT2D eigenvalue weighted by Crippen LogP contribution is -2.36. The summed E-state index contributed by atoms with van der Waals surface area (Å²) in [5, 5.41) is 8.99. The average Bonchev–Trinajstić information content (AvgIpc) is 2.76. The van der Waals surface area contributed by atoms with E-state index in [0.29, 0.717) is 6.42 Å². The second-order valence-corrected chi connectivity index (χ2v) is 7.32. The summed E-state index contributed by atoms with van der Waals surface area (Å²) in [6, 6.07) is 13.5. The fourth-order valence-electron chi connectivity index (χ4n) is 3.36. The van der Waals surface area contributed by atoms with Crippen LogP contribution in [0.3, 0.4) is 0 Å². The number of nitrogens with one attached hydrogen (secondary N) is 3. The Morgan fingerprint density at radius 2 is 1.67 bits per heavy atom. The van der Waals surface area contributed by atoms with E-state index in [1.807, 2.05) is 56.3 Å². The van der Waals surface area contributed by atoms with Crippen LogP contribution in [-0.4, -0.2) is 44.7 Å². The number of anilines is 4. The normalized spacial score (nSPS) is 13.6. The number of hydrogen-bond acceptors (Lipinski definition) is 5. The van der Waals surface area contributed by atoms with Crippen LogP contribution in [0, 0.1) is 6.92 Å². The van der Waals surface area contributed by atoms with Crippen LogP contribution in [0.4, 0.5) is 22.7 Å². The second-order valence-electron chi connectivity index (χ2n) is 7.32. The monoisotopic (exact) mass is 410 g/mol. The van der Waals surface area contributed by atoms with Crippen molar-refractivity contribution in [1.29, 1.82) is 0 Å². The molecule has 7 heteroatoms. The number of nitrogens with zero attached hydrogens (tertiary/aromatic N) is 1. The van der Waals surface area contributed by atoms with Gasteiger partial charge >= 0.3 is 0 Å². The minimum absolute atomic E-state index is 0.00369. The lowest BCUT2D eigenvalue weighted by molar-refractivity contribution is -0.116. The topological polar surface area (TPSA) is 82.7 Å². The molecule has 3 N–H and O–H groups in total. The lowest BCUT2D eigenvalue weighted by Gasteiger charge is -2.28. The minimum Gasteiger partial charge on any atom is -0.378 e. The molecule has 30 heavy (non-hydrogen) atoms. The molecule has 160 valence electrons. The number of amides is 2. The van der Waals surface area contributed by atoms with Crippen molar-refractivity contribution in [3.63, 3.8) is 0 Å². The van der Waals surface area contributed by atoms with Gasteiger partial charge in [0.2, 0.25) is 11.8 Å². The molecule has 0 bridgehead atoms. The highest BCUT2D eigenvalue weighted by atomic mass is 16.5. The summed E-state index contributed by atoms with van der Waals surface area (Å²) < 4.78 is 5.38. The van der Waals surface area contributed by atoms with E-state index in [0.717, 1.165) is 61.0 Å². The maximum absolute atomic E-state index is 12.4. The predicted molar refractivity (Wildman–Crippen MR) is 121 cm³/mol. The van der Waals surface area contributed by atoms with Gasteiger partial charge in [0.15, 0.2) is 0 Å². The van der Waals surface area contributed by atoms with Crippen molar-refractivity contribution < 1.29 is 14.3 Å². The molecule has 7 nitrogen and oxygen atoms in total. The van der Waals surface area contributed by atoms with Crippen LogP contribution in [-0.2, 0) is 14.3 Å². The van der Waals surface area contributed by atoms with Crippen molar-refractivity contribution in [3.05, 3.63) is 48.0 Å². The summed E-state index contributed by atoms with van der Waals surface area (Å²) >= 11 is 0. The summed E-state index contributed by atoms with van der Waals surface area (Å²) in [7, 11) is 0. The van der Waals surface area contributed by atoms with Crippen LogP contribution >= 0.6 is 0 Å². The molecule has 1 aliphatic heterocycles. The molecule has 0 aliphatic carbocycles. The van der Waals surface area contributed by atoms with Gasteiger partial charge < -0.3 is 25.6 Å². The molecular weight excluding hydrogens is 380 g/mol. The van der Waals surface area contributed by atoms with Crippen molar-refractivity contribution in [3.8, 4) is 0 Å². The first-order valence-electron chi connectivity index (χ1n) is 10.4. The Bertz CT molecular complexity index is 861. The van der Waals surface area contributed by atoms with Crippen molar-refractivity contribution >= 4 is 34.6 Å². The van der Waals surface area contributed by atoms with Gasteiger partial charge in [-0.25, -0.2) is 0 Å².